The molecule has 1 fully saturated rings. The van der Waals surface area contributed by atoms with E-state index in [-0.39, 0.29) is 22.6 Å². The first kappa shape index (κ1) is 23.7. The van der Waals surface area contributed by atoms with E-state index in [0.29, 0.717) is 22.7 Å². The predicted molar refractivity (Wildman–Crippen MR) is 130 cm³/mol. The van der Waals surface area contributed by atoms with Gasteiger partial charge in [-0.1, -0.05) is 18.2 Å². The summed E-state index contributed by atoms with van der Waals surface area (Å²) in [6, 6.07) is 16.3. The van der Waals surface area contributed by atoms with Gasteiger partial charge < -0.3 is 15.2 Å². The Morgan fingerprint density at radius 1 is 1.06 bits per heavy atom. The van der Waals surface area contributed by atoms with Gasteiger partial charge in [-0.05, 0) is 66.6 Å². The van der Waals surface area contributed by atoms with E-state index >= 15 is 0 Å². The van der Waals surface area contributed by atoms with Crippen LogP contribution in [-0.2, 0) is 14.4 Å². The molecule has 1 aliphatic heterocycles. The first-order valence-corrected chi connectivity index (χ1v) is 10.8. The summed E-state index contributed by atoms with van der Waals surface area (Å²) < 4.78 is 19.1. The van der Waals surface area contributed by atoms with Crippen molar-refractivity contribution < 1.29 is 28.6 Å². The normalized spacial score (nSPS) is 16.9. The number of methoxy groups -OCH3 is 1. The Morgan fingerprint density at radius 3 is 2.40 bits per heavy atom. The van der Waals surface area contributed by atoms with E-state index in [1.54, 1.807) is 55.5 Å². The van der Waals surface area contributed by atoms with E-state index in [1.165, 1.54) is 37.1 Å². The molecule has 1 heterocycles. The lowest BCUT2D eigenvalue weighted by molar-refractivity contribution is -0.132. The molecule has 1 saturated heterocycles. The van der Waals surface area contributed by atoms with Crippen LogP contribution < -0.4 is 15.0 Å². The van der Waals surface area contributed by atoms with Gasteiger partial charge in [0.25, 0.3) is 11.7 Å². The fraction of sp³-hybridized carbons (Fsp3) is 0.148. The SMILES string of the molecule is COc1ccc(C2/C(=C(\O)c3ccc(F)c(C)c3)C(=O)C(=O)N2c2cccc(NC(C)=O)c2)cc1. The molecule has 1 aliphatic rings. The zero-order valence-corrected chi connectivity index (χ0v) is 19.3. The van der Waals surface area contributed by atoms with Crippen LogP contribution in [0.1, 0.15) is 29.7 Å². The molecule has 2 N–H and O–H groups in total. The number of aliphatic hydroxyl groups excluding tert-OH is 1. The average Bonchev–Trinajstić information content (AvgIpc) is 3.10. The van der Waals surface area contributed by atoms with Crippen molar-refractivity contribution in [3.63, 3.8) is 0 Å². The van der Waals surface area contributed by atoms with Crippen LogP contribution in [-0.4, -0.2) is 29.8 Å². The Labute approximate surface area is 201 Å². The second-order valence-corrected chi connectivity index (χ2v) is 8.14. The number of hydrogen-bond donors (Lipinski definition) is 2. The quantitative estimate of drug-likeness (QED) is 0.317. The van der Waals surface area contributed by atoms with Crippen molar-refractivity contribution in [3.05, 3.63) is 94.8 Å². The second kappa shape index (κ2) is 9.42. The highest BCUT2D eigenvalue weighted by atomic mass is 19.1. The maximum absolute atomic E-state index is 13.8. The Kier molecular flexibility index (Phi) is 6.38. The van der Waals surface area contributed by atoms with Crippen molar-refractivity contribution in [3.8, 4) is 5.75 Å². The van der Waals surface area contributed by atoms with E-state index in [9.17, 15) is 23.9 Å². The molecule has 3 aromatic carbocycles. The number of carbonyl (C=O) groups excluding carboxylic acids is 3. The number of carbonyl (C=O) groups is 3. The summed E-state index contributed by atoms with van der Waals surface area (Å²) in [5.74, 6) is -2.30. The third-order valence-electron chi connectivity index (χ3n) is 5.75. The van der Waals surface area contributed by atoms with Crippen molar-refractivity contribution in [2.75, 3.05) is 17.3 Å². The van der Waals surface area contributed by atoms with Crippen molar-refractivity contribution in [1.82, 2.24) is 0 Å². The number of amides is 2. The first-order valence-electron chi connectivity index (χ1n) is 10.8. The van der Waals surface area contributed by atoms with E-state index in [2.05, 4.69) is 5.32 Å². The first-order chi connectivity index (χ1) is 16.7. The standard InChI is InChI=1S/C27H23FN2O5/c1-15-13-18(9-12-22(15)28)25(32)23-24(17-7-10-21(35-3)11-8-17)30(27(34)26(23)33)20-6-4-5-19(14-20)29-16(2)31/h4-14,24,32H,1-3H3,(H,29,31)/b25-23+. The van der Waals surface area contributed by atoms with Crippen LogP contribution in [0.15, 0.2) is 72.3 Å². The minimum atomic E-state index is -0.973. The molecule has 0 aromatic heterocycles. The van der Waals surface area contributed by atoms with Gasteiger partial charge in [-0.3, -0.25) is 19.3 Å². The zero-order valence-electron chi connectivity index (χ0n) is 19.3. The summed E-state index contributed by atoms with van der Waals surface area (Å²) in [5, 5.41) is 13.8. The minimum absolute atomic E-state index is 0.129. The molecular formula is C27H23FN2O5. The lowest BCUT2D eigenvalue weighted by atomic mass is 9.94. The van der Waals surface area contributed by atoms with Crippen LogP contribution in [0.2, 0.25) is 0 Å². The third kappa shape index (κ3) is 4.50. The van der Waals surface area contributed by atoms with Gasteiger partial charge >= 0.3 is 0 Å². The monoisotopic (exact) mass is 474 g/mol. The minimum Gasteiger partial charge on any atom is -0.507 e. The Balaban J connectivity index is 1.92. The van der Waals surface area contributed by atoms with Crippen molar-refractivity contribution in [2.24, 2.45) is 0 Å². The van der Waals surface area contributed by atoms with Gasteiger partial charge in [0.15, 0.2) is 0 Å². The van der Waals surface area contributed by atoms with Crippen molar-refractivity contribution in [1.29, 1.82) is 0 Å². The fourth-order valence-corrected chi connectivity index (χ4v) is 4.08. The number of anilines is 2. The summed E-state index contributed by atoms with van der Waals surface area (Å²) in [4.78, 5) is 39.3. The van der Waals surface area contributed by atoms with E-state index in [0.717, 1.165) is 0 Å². The highest BCUT2D eigenvalue weighted by molar-refractivity contribution is 6.51. The summed E-state index contributed by atoms with van der Waals surface area (Å²) in [5.41, 5.74) is 1.72. The van der Waals surface area contributed by atoms with E-state index in [1.807, 2.05) is 0 Å². The van der Waals surface area contributed by atoms with Gasteiger partial charge in [-0.15, -0.1) is 0 Å². The van der Waals surface area contributed by atoms with Gasteiger partial charge in [0, 0.05) is 23.9 Å². The van der Waals surface area contributed by atoms with Crippen LogP contribution in [0, 0.1) is 12.7 Å². The number of aliphatic hydroxyl groups is 1. The maximum Gasteiger partial charge on any atom is 0.300 e. The Morgan fingerprint density at radius 2 is 1.77 bits per heavy atom. The van der Waals surface area contributed by atoms with Crippen LogP contribution in [0.25, 0.3) is 5.76 Å². The molecule has 7 nitrogen and oxygen atoms in total. The number of nitrogens with zero attached hydrogens (tertiary/aromatic N) is 1. The summed E-state index contributed by atoms with van der Waals surface area (Å²) >= 11 is 0. The Bertz CT molecular complexity index is 1360. The molecule has 0 radical (unpaired) electrons. The van der Waals surface area contributed by atoms with Crippen molar-refractivity contribution in [2.45, 2.75) is 19.9 Å². The topological polar surface area (TPSA) is 95.9 Å². The van der Waals surface area contributed by atoms with Gasteiger partial charge in [0.05, 0.1) is 18.7 Å². The lowest BCUT2D eigenvalue weighted by Gasteiger charge is -2.26. The van der Waals surface area contributed by atoms with Crippen molar-refractivity contribution >= 4 is 34.7 Å². The average molecular weight is 474 g/mol. The molecule has 1 unspecified atom stereocenters. The number of Topliss-reactive ketones (excluding diaryl/α,β-unsaturated/α-hetero) is 1. The maximum atomic E-state index is 13.8. The fourth-order valence-electron chi connectivity index (χ4n) is 4.08. The Hall–Kier alpha value is -4.46. The highest BCUT2D eigenvalue weighted by Crippen LogP contribution is 2.43. The number of ketones is 1. The number of nitrogens with one attached hydrogen (secondary N) is 1. The molecule has 1 atom stereocenters. The molecule has 4 rings (SSSR count). The molecule has 3 aromatic rings. The molecule has 8 heteroatoms. The molecule has 0 saturated carbocycles. The largest absolute Gasteiger partial charge is 0.507 e. The number of ether oxygens (including phenoxy) is 1. The van der Waals surface area contributed by atoms with Crippen LogP contribution in [0.5, 0.6) is 5.75 Å². The third-order valence-corrected chi connectivity index (χ3v) is 5.75. The smallest absolute Gasteiger partial charge is 0.300 e. The number of aryl methyl sites for hydroxylation is 1. The van der Waals surface area contributed by atoms with Crippen LogP contribution >= 0.6 is 0 Å². The molecule has 178 valence electrons. The second-order valence-electron chi connectivity index (χ2n) is 8.14. The molecule has 2 amide bonds. The number of halogens is 1. The number of rotatable bonds is 5. The van der Waals surface area contributed by atoms with E-state index < -0.39 is 29.3 Å². The van der Waals surface area contributed by atoms with Gasteiger partial charge in [-0.25, -0.2) is 4.39 Å². The summed E-state index contributed by atoms with van der Waals surface area (Å²) in [6.07, 6.45) is 0. The molecular weight excluding hydrogens is 451 g/mol. The van der Waals surface area contributed by atoms with Gasteiger partial charge in [0.1, 0.15) is 17.3 Å². The molecule has 0 bridgehead atoms. The summed E-state index contributed by atoms with van der Waals surface area (Å²) in [6.45, 7) is 2.90. The van der Waals surface area contributed by atoms with Crippen LogP contribution in [0.3, 0.4) is 0 Å². The van der Waals surface area contributed by atoms with Gasteiger partial charge in [0.2, 0.25) is 5.91 Å². The number of hydrogen-bond acceptors (Lipinski definition) is 5. The molecule has 35 heavy (non-hydrogen) atoms. The lowest BCUT2D eigenvalue weighted by Crippen LogP contribution is -2.29. The summed E-state index contributed by atoms with van der Waals surface area (Å²) in [7, 11) is 1.52. The van der Waals surface area contributed by atoms with Crippen LogP contribution in [0.4, 0.5) is 15.8 Å². The number of benzene rings is 3. The highest BCUT2D eigenvalue weighted by Gasteiger charge is 2.47. The van der Waals surface area contributed by atoms with Gasteiger partial charge in [-0.2, -0.15) is 0 Å². The predicted octanol–water partition coefficient (Wildman–Crippen LogP) is 4.73. The van der Waals surface area contributed by atoms with E-state index in [4.69, 9.17) is 4.74 Å². The molecule has 0 spiro atoms. The molecule has 0 aliphatic carbocycles. The zero-order chi connectivity index (χ0) is 25.3.